The van der Waals surface area contributed by atoms with Crippen molar-refractivity contribution >= 4 is 0 Å². The van der Waals surface area contributed by atoms with E-state index in [0.29, 0.717) is 0 Å². The van der Waals surface area contributed by atoms with Gasteiger partial charge in [-0.15, -0.1) is 0 Å². The van der Waals surface area contributed by atoms with E-state index in [9.17, 15) is 0 Å². The van der Waals surface area contributed by atoms with E-state index in [1.165, 1.54) is 24.8 Å². The minimum Gasteiger partial charge on any atom is -0.468 e. The first kappa shape index (κ1) is 14.3. The maximum Gasteiger partial charge on any atom is 0.122 e. The highest BCUT2D eigenvalue weighted by atomic mass is 16.3. The fourth-order valence-corrected chi connectivity index (χ4v) is 1.82. The number of nitrogens with one attached hydrogen (secondary N) is 1. The van der Waals surface area contributed by atoms with Gasteiger partial charge in [-0.2, -0.15) is 0 Å². The summed E-state index contributed by atoms with van der Waals surface area (Å²) >= 11 is 0. The Bertz CT molecular complexity index is 296. The number of furan rings is 1. The molecule has 0 aliphatic carbocycles. The highest BCUT2D eigenvalue weighted by molar-refractivity contribution is 5.16. The molecule has 1 aromatic rings. The Labute approximate surface area is 105 Å². The van der Waals surface area contributed by atoms with Gasteiger partial charge in [-0.25, -0.2) is 0 Å². The maximum atomic E-state index is 5.56. The molecule has 1 heterocycles. The largest absolute Gasteiger partial charge is 0.468 e. The molecule has 3 heteroatoms. The molecule has 1 N–H and O–H groups in total. The molecule has 0 amide bonds. The van der Waals surface area contributed by atoms with Crippen LogP contribution in [-0.4, -0.2) is 25.0 Å². The van der Waals surface area contributed by atoms with Gasteiger partial charge in [0.05, 0.1) is 12.8 Å². The van der Waals surface area contributed by atoms with Gasteiger partial charge in [-0.3, -0.25) is 4.90 Å². The lowest BCUT2D eigenvalue weighted by Gasteiger charge is -2.15. The summed E-state index contributed by atoms with van der Waals surface area (Å²) in [7, 11) is 2.15. The van der Waals surface area contributed by atoms with Crippen LogP contribution in [0.2, 0.25) is 0 Å². The minimum atomic E-state index is 0.913. The van der Waals surface area contributed by atoms with Crippen LogP contribution in [0.3, 0.4) is 0 Å². The molecule has 0 unspecified atom stereocenters. The van der Waals surface area contributed by atoms with Gasteiger partial charge in [0.25, 0.3) is 0 Å². The molecule has 0 aliphatic rings. The van der Waals surface area contributed by atoms with E-state index in [1.54, 1.807) is 6.26 Å². The Morgan fingerprint density at radius 1 is 1.29 bits per heavy atom. The molecule has 98 valence electrons. The lowest BCUT2D eigenvalue weighted by atomic mass is 10.2. The van der Waals surface area contributed by atoms with Crippen molar-refractivity contribution < 1.29 is 4.42 Å². The number of hydrogen-bond donors (Lipinski definition) is 1. The van der Waals surface area contributed by atoms with Gasteiger partial charge in [-0.1, -0.05) is 20.3 Å². The summed E-state index contributed by atoms with van der Waals surface area (Å²) in [6.45, 7) is 8.44. The summed E-state index contributed by atoms with van der Waals surface area (Å²) in [4.78, 5) is 2.33. The molecule has 0 spiro atoms. The van der Waals surface area contributed by atoms with Gasteiger partial charge in [0.15, 0.2) is 0 Å². The van der Waals surface area contributed by atoms with Crippen LogP contribution in [0.1, 0.15) is 44.4 Å². The quantitative estimate of drug-likeness (QED) is 0.670. The third-order valence-electron chi connectivity index (χ3n) is 2.89. The van der Waals surface area contributed by atoms with E-state index in [1.807, 2.05) is 0 Å². The highest BCUT2D eigenvalue weighted by Gasteiger charge is 2.08. The molecule has 3 nitrogen and oxygen atoms in total. The molecule has 0 bridgehead atoms. The van der Waals surface area contributed by atoms with Crippen molar-refractivity contribution in [3.63, 3.8) is 0 Å². The second-order valence-corrected chi connectivity index (χ2v) is 4.64. The van der Waals surface area contributed by atoms with Crippen LogP contribution in [0.5, 0.6) is 0 Å². The average molecular weight is 238 g/mol. The number of rotatable bonds is 9. The van der Waals surface area contributed by atoms with E-state index >= 15 is 0 Å². The lowest BCUT2D eigenvalue weighted by molar-refractivity contribution is 0.288. The molecular formula is C14H26N2O. The number of unbranched alkanes of at least 4 members (excludes halogenated alkanes) is 1. The van der Waals surface area contributed by atoms with E-state index in [2.05, 4.69) is 37.2 Å². The summed E-state index contributed by atoms with van der Waals surface area (Å²) < 4.78 is 5.56. The molecular weight excluding hydrogens is 212 g/mol. The fourth-order valence-electron chi connectivity index (χ4n) is 1.82. The summed E-state index contributed by atoms with van der Waals surface area (Å²) in [6.07, 6.45) is 5.46. The van der Waals surface area contributed by atoms with E-state index in [4.69, 9.17) is 4.42 Å². The van der Waals surface area contributed by atoms with Gasteiger partial charge in [0.2, 0.25) is 0 Å². The van der Waals surface area contributed by atoms with Crippen molar-refractivity contribution in [3.8, 4) is 0 Å². The summed E-state index contributed by atoms with van der Waals surface area (Å²) in [5.74, 6) is 1.10. The summed E-state index contributed by atoms with van der Waals surface area (Å²) in [5.41, 5.74) is 1.29. The molecule has 0 radical (unpaired) electrons. The van der Waals surface area contributed by atoms with Crippen LogP contribution < -0.4 is 5.32 Å². The Kier molecular flexibility index (Phi) is 6.97. The third-order valence-corrected chi connectivity index (χ3v) is 2.89. The molecule has 17 heavy (non-hydrogen) atoms. The first-order chi connectivity index (χ1) is 8.27. The lowest BCUT2D eigenvalue weighted by Crippen LogP contribution is -2.20. The van der Waals surface area contributed by atoms with Crippen LogP contribution in [-0.2, 0) is 13.1 Å². The predicted octanol–water partition coefficient (Wildman–Crippen LogP) is 3.01. The standard InChI is InChI=1S/C14H26N2O/c1-4-6-9-16(3)12-14-13(7-10-17-14)11-15-8-5-2/h7,10,15H,4-6,8-9,11-12H2,1-3H3. The second-order valence-electron chi connectivity index (χ2n) is 4.64. The summed E-state index contributed by atoms with van der Waals surface area (Å²) in [5, 5.41) is 3.42. The van der Waals surface area contributed by atoms with Crippen LogP contribution in [0.15, 0.2) is 16.7 Å². The topological polar surface area (TPSA) is 28.4 Å². The van der Waals surface area contributed by atoms with Crippen LogP contribution >= 0.6 is 0 Å². The van der Waals surface area contributed by atoms with Gasteiger partial charge >= 0.3 is 0 Å². The van der Waals surface area contributed by atoms with Gasteiger partial charge in [0.1, 0.15) is 5.76 Å². The third kappa shape index (κ3) is 5.37. The fraction of sp³-hybridized carbons (Fsp3) is 0.714. The first-order valence-corrected chi connectivity index (χ1v) is 6.72. The van der Waals surface area contributed by atoms with E-state index in [-0.39, 0.29) is 0 Å². The zero-order chi connectivity index (χ0) is 12.5. The molecule has 1 rings (SSSR count). The first-order valence-electron chi connectivity index (χ1n) is 6.72. The van der Waals surface area contributed by atoms with Crippen LogP contribution in [0, 0.1) is 0 Å². The number of nitrogens with zero attached hydrogens (tertiary/aromatic N) is 1. The van der Waals surface area contributed by atoms with Crippen molar-refractivity contribution in [2.24, 2.45) is 0 Å². The van der Waals surface area contributed by atoms with Crippen LogP contribution in [0.25, 0.3) is 0 Å². The van der Waals surface area contributed by atoms with Gasteiger partial charge < -0.3 is 9.73 Å². The molecule has 0 saturated heterocycles. The maximum absolute atomic E-state index is 5.56. The zero-order valence-corrected chi connectivity index (χ0v) is 11.5. The molecule has 0 aliphatic heterocycles. The smallest absolute Gasteiger partial charge is 0.122 e. The SMILES string of the molecule is CCCCN(C)Cc1occc1CNCCC. The highest BCUT2D eigenvalue weighted by Crippen LogP contribution is 2.12. The number of hydrogen-bond acceptors (Lipinski definition) is 3. The van der Waals surface area contributed by atoms with Crippen LogP contribution in [0.4, 0.5) is 0 Å². The predicted molar refractivity (Wildman–Crippen MR) is 71.9 cm³/mol. The molecule has 0 atom stereocenters. The normalized spacial score (nSPS) is 11.3. The van der Waals surface area contributed by atoms with Crippen molar-refractivity contribution in [3.05, 3.63) is 23.7 Å². The zero-order valence-electron chi connectivity index (χ0n) is 11.5. The van der Waals surface area contributed by atoms with E-state index in [0.717, 1.165) is 31.9 Å². The Balaban J connectivity index is 2.39. The molecule has 1 aromatic heterocycles. The minimum absolute atomic E-state index is 0.913. The molecule has 0 aromatic carbocycles. The van der Waals surface area contributed by atoms with Crippen molar-refractivity contribution in [2.45, 2.75) is 46.2 Å². The van der Waals surface area contributed by atoms with Crippen molar-refractivity contribution in [1.29, 1.82) is 0 Å². The monoisotopic (exact) mass is 238 g/mol. The molecule has 0 fully saturated rings. The van der Waals surface area contributed by atoms with Crippen molar-refractivity contribution in [2.75, 3.05) is 20.1 Å². The Morgan fingerprint density at radius 2 is 2.12 bits per heavy atom. The summed E-state index contributed by atoms with van der Waals surface area (Å²) in [6, 6.07) is 2.08. The van der Waals surface area contributed by atoms with Gasteiger partial charge in [0, 0.05) is 12.1 Å². The Morgan fingerprint density at radius 3 is 2.82 bits per heavy atom. The molecule has 0 saturated carbocycles. The average Bonchev–Trinajstić information content (AvgIpc) is 2.74. The second kappa shape index (κ2) is 8.31. The van der Waals surface area contributed by atoms with Crippen molar-refractivity contribution in [1.82, 2.24) is 10.2 Å². The van der Waals surface area contributed by atoms with E-state index < -0.39 is 0 Å². The van der Waals surface area contributed by atoms with Gasteiger partial charge in [-0.05, 0) is 39.0 Å². The Hall–Kier alpha value is -0.800.